The Balaban J connectivity index is 1.79. The lowest BCUT2D eigenvalue weighted by Gasteiger charge is -2.28. The molecule has 1 N–H and O–H groups in total. The molecule has 0 spiro atoms. The number of ether oxygens (including phenoxy) is 1. The van der Waals surface area contributed by atoms with Gasteiger partial charge in [-0.25, -0.2) is 4.79 Å². The van der Waals surface area contributed by atoms with E-state index in [2.05, 4.69) is 37.8 Å². The predicted octanol–water partition coefficient (Wildman–Crippen LogP) is 4.54. The molecule has 2 rings (SSSR count). The molecule has 1 aliphatic rings. The summed E-state index contributed by atoms with van der Waals surface area (Å²) < 4.78 is 5.40. The second-order valence-electron chi connectivity index (χ2n) is 6.84. The monoisotopic (exact) mass is 330 g/mol. The summed E-state index contributed by atoms with van der Waals surface area (Å²) >= 11 is 0. The van der Waals surface area contributed by atoms with Crippen LogP contribution in [0.25, 0.3) is 0 Å². The van der Waals surface area contributed by atoms with Crippen LogP contribution in [0.5, 0.6) is 0 Å². The summed E-state index contributed by atoms with van der Waals surface area (Å²) in [6.07, 6.45) is 8.81. The summed E-state index contributed by atoms with van der Waals surface area (Å²) in [4.78, 5) is 11.7. The number of esters is 1. The summed E-state index contributed by atoms with van der Waals surface area (Å²) in [5, 5.41) is 8.92. The first kappa shape index (κ1) is 18.7. The maximum absolute atomic E-state index is 11.7. The molecule has 3 nitrogen and oxygen atoms in total. The summed E-state index contributed by atoms with van der Waals surface area (Å²) in [5.74, 6) is 0.100. The van der Waals surface area contributed by atoms with Crippen LogP contribution >= 0.6 is 0 Å². The molecule has 1 fully saturated rings. The van der Waals surface area contributed by atoms with Crippen molar-refractivity contribution in [3.05, 3.63) is 47.5 Å². The fraction of sp³-hybridized carbons (Fsp3) is 0.571. The summed E-state index contributed by atoms with van der Waals surface area (Å²) in [7, 11) is 0. The van der Waals surface area contributed by atoms with Crippen molar-refractivity contribution in [1.82, 2.24) is 0 Å². The number of aliphatic hydroxyl groups is 1. The highest BCUT2D eigenvalue weighted by atomic mass is 16.5. The molecule has 0 atom stereocenters. The molecule has 0 heterocycles. The first-order chi connectivity index (χ1) is 11.6. The fourth-order valence-electron chi connectivity index (χ4n) is 3.35. The van der Waals surface area contributed by atoms with E-state index in [0.29, 0.717) is 5.92 Å². The summed E-state index contributed by atoms with van der Waals surface area (Å²) in [6, 6.07) is 9.07. The zero-order valence-corrected chi connectivity index (χ0v) is 14.8. The second-order valence-corrected chi connectivity index (χ2v) is 6.84. The number of aliphatic hydroxyl groups excluding tert-OH is 1. The van der Waals surface area contributed by atoms with Crippen molar-refractivity contribution in [1.29, 1.82) is 0 Å². The fourth-order valence-corrected chi connectivity index (χ4v) is 3.35. The zero-order chi connectivity index (χ0) is 17.4. The van der Waals surface area contributed by atoms with Crippen LogP contribution in [0.2, 0.25) is 0 Å². The second kappa shape index (κ2) is 9.63. The third kappa shape index (κ3) is 5.48. The van der Waals surface area contributed by atoms with Gasteiger partial charge in [-0.2, -0.15) is 0 Å². The molecule has 1 saturated carbocycles. The highest BCUT2D eigenvalue weighted by molar-refractivity contribution is 5.88. The van der Waals surface area contributed by atoms with Gasteiger partial charge in [-0.1, -0.05) is 50.6 Å². The Bertz CT molecular complexity index is 525. The third-order valence-electron chi connectivity index (χ3n) is 4.95. The Morgan fingerprint density at radius 1 is 1.17 bits per heavy atom. The number of aryl methyl sites for hydroxylation is 1. The number of carbonyl (C=O) groups is 1. The number of carbonyl (C=O) groups excluding carboxylic acids is 1. The molecule has 0 bridgehead atoms. The average molecular weight is 330 g/mol. The maximum atomic E-state index is 11.7. The molecule has 132 valence electrons. The molecular formula is C21H30O3. The lowest BCUT2D eigenvalue weighted by molar-refractivity contribution is -0.146. The minimum absolute atomic E-state index is 0.0367. The topological polar surface area (TPSA) is 46.5 Å². The number of rotatable bonds is 8. The van der Waals surface area contributed by atoms with Gasteiger partial charge in [-0.3, -0.25) is 0 Å². The van der Waals surface area contributed by atoms with Crippen LogP contribution in [0.1, 0.15) is 68.9 Å². The Kier molecular flexibility index (Phi) is 7.51. The predicted molar refractivity (Wildman–Crippen MR) is 97.0 cm³/mol. The molecular weight excluding hydrogens is 300 g/mol. The van der Waals surface area contributed by atoms with Crippen molar-refractivity contribution in [3.8, 4) is 0 Å². The Morgan fingerprint density at radius 2 is 1.83 bits per heavy atom. The van der Waals surface area contributed by atoms with E-state index in [4.69, 9.17) is 9.84 Å². The Hall–Kier alpha value is -1.61. The minimum atomic E-state index is -0.461. The smallest absolute Gasteiger partial charge is 0.336 e. The van der Waals surface area contributed by atoms with Gasteiger partial charge in [-0.05, 0) is 55.6 Å². The van der Waals surface area contributed by atoms with Gasteiger partial charge in [0.25, 0.3) is 0 Å². The van der Waals surface area contributed by atoms with Crippen LogP contribution in [-0.4, -0.2) is 23.8 Å². The number of hydrogen-bond donors (Lipinski definition) is 1. The van der Waals surface area contributed by atoms with E-state index in [1.165, 1.54) is 36.8 Å². The van der Waals surface area contributed by atoms with Crippen LogP contribution in [-0.2, 0) is 16.0 Å². The normalized spacial score (nSPS) is 20.6. The van der Waals surface area contributed by atoms with Gasteiger partial charge in [0, 0.05) is 0 Å². The molecule has 24 heavy (non-hydrogen) atoms. The first-order valence-corrected chi connectivity index (χ1v) is 9.22. The van der Waals surface area contributed by atoms with Gasteiger partial charge >= 0.3 is 5.97 Å². The van der Waals surface area contributed by atoms with E-state index in [0.717, 1.165) is 25.7 Å². The minimum Gasteiger partial charge on any atom is -0.459 e. The van der Waals surface area contributed by atoms with Crippen LogP contribution in [0.15, 0.2) is 36.4 Å². The van der Waals surface area contributed by atoms with E-state index >= 15 is 0 Å². The number of hydrogen-bond acceptors (Lipinski definition) is 3. The summed E-state index contributed by atoms with van der Waals surface area (Å²) in [5.41, 5.74) is 2.96. The van der Waals surface area contributed by atoms with Crippen LogP contribution in [0, 0.1) is 0 Å². The van der Waals surface area contributed by atoms with Crippen molar-refractivity contribution >= 4 is 5.97 Å². The van der Waals surface area contributed by atoms with Gasteiger partial charge in [0.15, 0.2) is 0 Å². The number of unbranched alkanes of at least 4 members (excludes halogenated alkanes) is 2. The van der Waals surface area contributed by atoms with Crippen molar-refractivity contribution in [2.45, 2.75) is 70.3 Å². The highest BCUT2D eigenvalue weighted by Crippen LogP contribution is 2.34. The van der Waals surface area contributed by atoms with Crippen LogP contribution in [0.4, 0.5) is 0 Å². The lowest BCUT2D eigenvalue weighted by atomic mass is 9.82. The number of benzene rings is 1. The maximum Gasteiger partial charge on any atom is 0.336 e. The van der Waals surface area contributed by atoms with Crippen molar-refractivity contribution < 1.29 is 14.6 Å². The molecule has 0 unspecified atom stereocenters. The Labute approximate surface area is 145 Å². The SMILES string of the molecule is C=C(CO)C(=O)OC1CCC(c2ccc(CCCCC)cc2)CC1. The lowest BCUT2D eigenvalue weighted by Crippen LogP contribution is -2.25. The molecule has 0 amide bonds. The molecule has 1 aromatic carbocycles. The van der Waals surface area contributed by atoms with Gasteiger partial charge < -0.3 is 9.84 Å². The highest BCUT2D eigenvalue weighted by Gasteiger charge is 2.25. The molecule has 0 aliphatic heterocycles. The first-order valence-electron chi connectivity index (χ1n) is 9.22. The van der Waals surface area contributed by atoms with E-state index in [9.17, 15) is 4.79 Å². The van der Waals surface area contributed by atoms with Crippen LogP contribution in [0.3, 0.4) is 0 Å². The molecule has 0 radical (unpaired) electrons. The van der Waals surface area contributed by atoms with E-state index in [1.54, 1.807) is 0 Å². The standard InChI is InChI=1S/C21H30O3/c1-3-4-5-6-17-7-9-18(10-8-17)19-11-13-20(14-12-19)24-21(23)16(2)15-22/h7-10,19-20,22H,2-6,11-15H2,1H3. The zero-order valence-electron chi connectivity index (χ0n) is 14.8. The quantitative estimate of drug-likeness (QED) is 0.432. The van der Waals surface area contributed by atoms with E-state index in [1.807, 2.05) is 0 Å². The molecule has 0 aromatic heterocycles. The largest absolute Gasteiger partial charge is 0.459 e. The van der Waals surface area contributed by atoms with Gasteiger partial charge in [-0.15, -0.1) is 0 Å². The summed E-state index contributed by atoms with van der Waals surface area (Å²) in [6.45, 7) is 5.41. The van der Waals surface area contributed by atoms with E-state index < -0.39 is 5.97 Å². The molecule has 1 aliphatic carbocycles. The third-order valence-corrected chi connectivity index (χ3v) is 4.95. The molecule has 1 aromatic rings. The van der Waals surface area contributed by atoms with Gasteiger partial charge in [0.1, 0.15) is 6.10 Å². The molecule has 0 saturated heterocycles. The van der Waals surface area contributed by atoms with Gasteiger partial charge in [0.2, 0.25) is 0 Å². The molecule has 3 heteroatoms. The Morgan fingerprint density at radius 3 is 2.42 bits per heavy atom. The van der Waals surface area contributed by atoms with Crippen molar-refractivity contribution in [3.63, 3.8) is 0 Å². The van der Waals surface area contributed by atoms with E-state index in [-0.39, 0.29) is 18.3 Å². The van der Waals surface area contributed by atoms with Crippen molar-refractivity contribution in [2.75, 3.05) is 6.61 Å². The van der Waals surface area contributed by atoms with Crippen molar-refractivity contribution in [2.24, 2.45) is 0 Å². The van der Waals surface area contributed by atoms with Gasteiger partial charge in [0.05, 0.1) is 12.2 Å². The average Bonchev–Trinajstić information content (AvgIpc) is 2.62. The van der Waals surface area contributed by atoms with Crippen LogP contribution < -0.4 is 0 Å².